The smallest absolute Gasteiger partial charge is 0.172 e. The van der Waals surface area contributed by atoms with Crippen molar-refractivity contribution in [2.75, 3.05) is 13.7 Å². The molecule has 3 rings (SSSR count). The average Bonchev–Trinajstić information content (AvgIpc) is 2.90. The number of hydrogen-bond acceptors (Lipinski definition) is 3. The molecular formula is C16H14Cl2N2O2. The topological polar surface area (TPSA) is 47.1 Å². The number of para-hydroxylation sites is 1. The van der Waals surface area contributed by atoms with Crippen molar-refractivity contribution in [2.45, 2.75) is 6.92 Å². The number of aromatic nitrogens is 2. The van der Waals surface area contributed by atoms with Crippen molar-refractivity contribution in [2.24, 2.45) is 0 Å². The van der Waals surface area contributed by atoms with Crippen LogP contribution in [0.3, 0.4) is 0 Å². The van der Waals surface area contributed by atoms with E-state index in [9.17, 15) is 0 Å². The van der Waals surface area contributed by atoms with Crippen LogP contribution in [0.1, 0.15) is 6.92 Å². The predicted octanol–water partition coefficient (Wildman–Crippen LogP) is 4.94. The van der Waals surface area contributed by atoms with E-state index in [2.05, 4.69) is 9.97 Å². The van der Waals surface area contributed by atoms with Crippen LogP contribution in [0.4, 0.5) is 0 Å². The molecule has 0 bridgehead atoms. The predicted molar refractivity (Wildman–Crippen MR) is 89.3 cm³/mol. The fourth-order valence-electron chi connectivity index (χ4n) is 2.29. The van der Waals surface area contributed by atoms with E-state index in [0.717, 1.165) is 16.6 Å². The molecule has 0 atom stereocenters. The highest BCUT2D eigenvalue weighted by Crippen LogP contribution is 2.38. The van der Waals surface area contributed by atoms with E-state index in [4.69, 9.17) is 32.7 Å². The van der Waals surface area contributed by atoms with E-state index in [1.54, 1.807) is 19.2 Å². The van der Waals surface area contributed by atoms with Gasteiger partial charge in [-0.05, 0) is 31.2 Å². The summed E-state index contributed by atoms with van der Waals surface area (Å²) in [6.45, 7) is 2.46. The molecule has 0 spiro atoms. The standard InChI is InChI=1S/C16H14Cl2N2O2/c1-3-22-15-9(5-4-6-14(15)21-2)16-19-12-7-10(17)11(18)8-13(12)20-16/h4-8H,3H2,1-2H3,(H,19,20). The highest BCUT2D eigenvalue weighted by molar-refractivity contribution is 6.42. The van der Waals surface area contributed by atoms with Gasteiger partial charge in [0.15, 0.2) is 11.5 Å². The first-order valence-electron chi connectivity index (χ1n) is 6.79. The lowest BCUT2D eigenvalue weighted by molar-refractivity contribution is 0.312. The summed E-state index contributed by atoms with van der Waals surface area (Å²) in [5, 5.41) is 0.961. The molecule has 0 aliphatic carbocycles. The van der Waals surface area contributed by atoms with Gasteiger partial charge in [0.1, 0.15) is 5.82 Å². The number of aromatic amines is 1. The van der Waals surface area contributed by atoms with E-state index in [0.29, 0.717) is 34.0 Å². The van der Waals surface area contributed by atoms with Crippen LogP contribution in [-0.4, -0.2) is 23.7 Å². The molecule has 3 aromatic rings. The molecule has 0 amide bonds. The van der Waals surface area contributed by atoms with Gasteiger partial charge in [0.05, 0.1) is 40.4 Å². The summed E-state index contributed by atoms with van der Waals surface area (Å²) in [5.74, 6) is 2.00. The normalized spacial score (nSPS) is 10.9. The average molecular weight is 337 g/mol. The van der Waals surface area contributed by atoms with E-state index < -0.39 is 0 Å². The van der Waals surface area contributed by atoms with Gasteiger partial charge in [-0.2, -0.15) is 0 Å². The molecule has 2 aromatic carbocycles. The molecule has 0 aliphatic heterocycles. The zero-order valence-corrected chi connectivity index (χ0v) is 13.6. The van der Waals surface area contributed by atoms with Gasteiger partial charge < -0.3 is 14.5 Å². The second-order valence-corrected chi connectivity index (χ2v) is 5.45. The Bertz CT molecular complexity index is 791. The van der Waals surface area contributed by atoms with Crippen LogP contribution < -0.4 is 9.47 Å². The molecule has 0 radical (unpaired) electrons. The molecule has 0 fully saturated rings. The van der Waals surface area contributed by atoms with Crippen molar-refractivity contribution in [1.82, 2.24) is 9.97 Å². The Morgan fingerprint density at radius 1 is 1.18 bits per heavy atom. The van der Waals surface area contributed by atoms with E-state index in [-0.39, 0.29) is 0 Å². The zero-order valence-electron chi connectivity index (χ0n) is 12.1. The molecule has 0 saturated heterocycles. The van der Waals surface area contributed by atoms with E-state index in [1.807, 2.05) is 25.1 Å². The third-order valence-corrected chi connectivity index (χ3v) is 3.99. The highest BCUT2D eigenvalue weighted by Gasteiger charge is 2.16. The van der Waals surface area contributed by atoms with Crippen molar-refractivity contribution in [1.29, 1.82) is 0 Å². The second kappa shape index (κ2) is 6.07. The molecule has 4 nitrogen and oxygen atoms in total. The first-order valence-corrected chi connectivity index (χ1v) is 7.54. The molecule has 22 heavy (non-hydrogen) atoms. The first kappa shape index (κ1) is 15.0. The zero-order chi connectivity index (χ0) is 15.7. The minimum Gasteiger partial charge on any atom is -0.493 e. The SMILES string of the molecule is CCOc1c(OC)cccc1-c1nc2cc(Cl)c(Cl)cc2[nH]1. The molecular weight excluding hydrogens is 323 g/mol. The largest absolute Gasteiger partial charge is 0.493 e. The Kier molecular flexibility index (Phi) is 4.14. The Morgan fingerprint density at radius 2 is 1.95 bits per heavy atom. The number of imidazole rings is 1. The third-order valence-electron chi connectivity index (χ3n) is 3.27. The van der Waals surface area contributed by atoms with Crippen molar-refractivity contribution in [3.63, 3.8) is 0 Å². The summed E-state index contributed by atoms with van der Waals surface area (Å²) in [7, 11) is 1.61. The van der Waals surface area contributed by atoms with E-state index in [1.165, 1.54) is 0 Å². The van der Waals surface area contributed by atoms with Gasteiger partial charge in [-0.25, -0.2) is 4.98 Å². The Hall–Kier alpha value is -1.91. The number of fused-ring (bicyclic) bond motifs is 1. The van der Waals surface area contributed by atoms with Crippen molar-refractivity contribution in [3.05, 3.63) is 40.4 Å². The van der Waals surface area contributed by atoms with Crippen LogP contribution in [0.15, 0.2) is 30.3 Å². The second-order valence-electron chi connectivity index (χ2n) is 4.64. The Labute approximate surface area is 138 Å². The van der Waals surface area contributed by atoms with Crippen molar-refractivity contribution >= 4 is 34.2 Å². The molecule has 0 saturated carbocycles. The molecule has 0 aliphatic rings. The number of benzene rings is 2. The summed E-state index contributed by atoms with van der Waals surface area (Å²) < 4.78 is 11.1. The van der Waals surface area contributed by atoms with Gasteiger partial charge in [-0.3, -0.25) is 0 Å². The summed E-state index contributed by atoms with van der Waals surface area (Å²) in [5.41, 5.74) is 2.38. The highest BCUT2D eigenvalue weighted by atomic mass is 35.5. The molecule has 0 unspecified atom stereocenters. The van der Waals surface area contributed by atoms with Gasteiger partial charge in [0.25, 0.3) is 0 Å². The fraction of sp³-hybridized carbons (Fsp3) is 0.188. The van der Waals surface area contributed by atoms with Crippen LogP contribution in [0, 0.1) is 0 Å². The van der Waals surface area contributed by atoms with Crippen LogP contribution in [0.25, 0.3) is 22.4 Å². The number of methoxy groups -OCH3 is 1. The monoisotopic (exact) mass is 336 g/mol. The maximum atomic E-state index is 6.05. The maximum absolute atomic E-state index is 6.05. The maximum Gasteiger partial charge on any atom is 0.172 e. The van der Waals surface area contributed by atoms with Crippen molar-refractivity contribution in [3.8, 4) is 22.9 Å². The molecule has 1 aromatic heterocycles. The molecule has 1 N–H and O–H groups in total. The number of nitrogens with zero attached hydrogens (tertiary/aromatic N) is 1. The van der Waals surface area contributed by atoms with Gasteiger partial charge in [-0.15, -0.1) is 0 Å². The molecule has 1 heterocycles. The Morgan fingerprint density at radius 3 is 2.68 bits per heavy atom. The first-order chi connectivity index (χ1) is 10.6. The van der Waals surface area contributed by atoms with Gasteiger partial charge >= 0.3 is 0 Å². The third kappa shape index (κ3) is 2.60. The van der Waals surface area contributed by atoms with Gasteiger partial charge in [-0.1, -0.05) is 29.3 Å². The number of H-pyrrole nitrogens is 1. The minimum absolute atomic E-state index is 0.475. The van der Waals surface area contributed by atoms with E-state index >= 15 is 0 Å². The van der Waals surface area contributed by atoms with Crippen molar-refractivity contribution < 1.29 is 9.47 Å². The lowest BCUT2D eigenvalue weighted by Crippen LogP contribution is -1.98. The fourth-order valence-corrected chi connectivity index (χ4v) is 2.61. The number of halogens is 2. The quantitative estimate of drug-likeness (QED) is 0.733. The lowest BCUT2D eigenvalue weighted by Gasteiger charge is -2.12. The lowest BCUT2D eigenvalue weighted by atomic mass is 10.1. The Balaban J connectivity index is 2.18. The summed E-state index contributed by atoms with van der Waals surface area (Å²) in [6.07, 6.45) is 0. The van der Waals surface area contributed by atoms with Gasteiger partial charge in [0, 0.05) is 0 Å². The number of nitrogens with one attached hydrogen (secondary N) is 1. The van der Waals surface area contributed by atoms with Crippen LogP contribution in [0.2, 0.25) is 10.0 Å². The number of rotatable bonds is 4. The van der Waals surface area contributed by atoms with Gasteiger partial charge in [0.2, 0.25) is 0 Å². The minimum atomic E-state index is 0.475. The van der Waals surface area contributed by atoms with Crippen LogP contribution in [-0.2, 0) is 0 Å². The molecule has 114 valence electrons. The number of hydrogen-bond donors (Lipinski definition) is 1. The summed E-state index contributed by atoms with van der Waals surface area (Å²) >= 11 is 12.1. The van der Waals surface area contributed by atoms with Crippen LogP contribution in [0.5, 0.6) is 11.5 Å². The summed E-state index contributed by atoms with van der Waals surface area (Å²) in [4.78, 5) is 7.81. The summed E-state index contributed by atoms with van der Waals surface area (Å²) in [6, 6.07) is 9.17. The van der Waals surface area contributed by atoms with Crippen LogP contribution >= 0.6 is 23.2 Å². The molecule has 6 heteroatoms. The number of ether oxygens (including phenoxy) is 2.